The first-order chi connectivity index (χ1) is 10.1. The van der Waals surface area contributed by atoms with Crippen LogP contribution < -0.4 is 5.32 Å². The highest BCUT2D eigenvalue weighted by Crippen LogP contribution is 2.34. The molecule has 4 atom stereocenters. The number of nitrogens with one attached hydrogen (secondary N) is 1. The summed E-state index contributed by atoms with van der Waals surface area (Å²) in [5.41, 5.74) is 0. The van der Waals surface area contributed by atoms with Gasteiger partial charge in [0.2, 0.25) is 0 Å². The zero-order valence-corrected chi connectivity index (χ0v) is 14.7. The Hall–Kier alpha value is -0.160. The fraction of sp³-hybridized carbons (Fsp3) is 1.00. The van der Waals surface area contributed by atoms with Crippen molar-refractivity contribution >= 4 is 0 Å². The molecule has 1 rings (SSSR count). The Bertz CT molecular complexity index is 263. The Morgan fingerprint density at radius 1 is 1.05 bits per heavy atom. The molecule has 0 heterocycles. The van der Waals surface area contributed by atoms with Crippen LogP contribution in [0.3, 0.4) is 0 Å². The van der Waals surface area contributed by atoms with Gasteiger partial charge in [0.1, 0.15) is 0 Å². The van der Waals surface area contributed by atoms with Crippen LogP contribution in [0.1, 0.15) is 33.1 Å². The third kappa shape index (κ3) is 6.64. The second-order valence-electron chi connectivity index (χ2n) is 6.75. The van der Waals surface area contributed by atoms with Crippen molar-refractivity contribution in [3.8, 4) is 0 Å². The summed E-state index contributed by atoms with van der Waals surface area (Å²) in [6, 6.07) is 0.649. The number of hydrogen-bond acceptors (Lipinski definition) is 4. The van der Waals surface area contributed by atoms with Gasteiger partial charge in [-0.05, 0) is 44.1 Å². The van der Waals surface area contributed by atoms with Gasteiger partial charge in [-0.15, -0.1) is 0 Å². The molecule has 1 aliphatic carbocycles. The second kappa shape index (κ2) is 10.5. The van der Waals surface area contributed by atoms with E-state index in [1.165, 1.54) is 19.4 Å². The van der Waals surface area contributed by atoms with Crippen molar-refractivity contribution in [1.29, 1.82) is 0 Å². The van der Waals surface area contributed by atoms with Gasteiger partial charge in [-0.2, -0.15) is 0 Å². The van der Waals surface area contributed by atoms with Crippen molar-refractivity contribution in [2.75, 3.05) is 54.1 Å². The molecule has 1 saturated carbocycles. The van der Waals surface area contributed by atoms with Crippen LogP contribution in [0.5, 0.6) is 0 Å². The van der Waals surface area contributed by atoms with Crippen LogP contribution in [0.2, 0.25) is 0 Å². The third-order valence-corrected chi connectivity index (χ3v) is 4.95. The average molecular weight is 300 g/mol. The highest BCUT2D eigenvalue weighted by molar-refractivity contribution is 4.88. The maximum Gasteiger partial charge on any atom is 0.0589 e. The van der Waals surface area contributed by atoms with Crippen LogP contribution in [0.15, 0.2) is 0 Å². The fourth-order valence-electron chi connectivity index (χ4n) is 3.80. The molecule has 126 valence electrons. The number of ether oxygens (including phenoxy) is 2. The number of hydrogen-bond donors (Lipinski definition) is 1. The minimum Gasteiger partial charge on any atom is -0.385 e. The standard InChI is InChI=1S/C17H36N2O2/c1-14-11-15(2)16(17(12-14)18-3)13-19(8-10-21-5)7-6-9-20-4/h14-18H,6-13H2,1-5H3. The van der Waals surface area contributed by atoms with E-state index < -0.39 is 0 Å². The minimum absolute atomic E-state index is 0.649. The molecule has 0 amide bonds. The zero-order chi connectivity index (χ0) is 15.7. The van der Waals surface area contributed by atoms with E-state index in [1.807, 2.05) is 0 Å². The summed E-state index contributed by atoms with van der Waals surface area (Å²) >= 11 is 0. The molecule has 0 spiro atoms. The molecule has 21 heavy (non-hydrogen) atoms. The van der Waals surface area contributed by atoms with E-state index in [-0.39, 0.29) is 0 Å². The molecule has 0 aliphatic heterocycles. The van der Waals surface area contributed by atoms with Gasteiger partial charge < -0.3 is 19.7 Å². The average Bonchev–Trinajstić information content (AvgIpc) is 2.46. The first-order valence-electron chi connectivity index (χ1n) is 8.49. The Morgan fingerprint density at radius 3 is 2.38 bits per heavy atom. The molecule has 4 heteroatoms. The van der Waals surface area contributed by atoms with E-state index in [1.54, 1.807) is 14.2 Å². The van der Waals surface area contributed by atoms with Gasteiger partial charge in [0.15, 0.2) is 0 Å². The summed E-state index contributed by atoms with van der Waals surface area (Å²) in [6.45, 7) is 9.77. The number of methoxy groups -OCH3 is 2. The summed E-state index contributed by atoms with van der Waals surface area (Å²) in [6.07, 6.45) is 3.77. The predicted molar refractivity (Wildman–Crippen MR) is 88.7 cm³/mol. The highest BCUT2D eigenvalue weighted by atomic mass is 16.5. The van der Waals surface area contributed by atoms with Crippen LogP contribution in [0.4, 0.5) is 0 Å². The van der Waals surface area contributed by atoms with Gasteiger partial charge >= 0.3 is 0 Å². The molecule has 0 aromatic heterocycles. The number of rotatable bonds is 10. The Balaban J connectivity index is 2.56. The lowest BCUT2D eigenvalue weighted by molar-refractivity contribution is 0.0787. The van der Waals surface area contributed by atoms with Gasteiger partial charge in [-0.1, -0.05) is 13.8 Å². The topological polar surface area (TPSA) is 33.7 Å². The molecule has 0 aromatic carbocycles. The first kappa shape index (κ1) is 18.9. The van der Waals surface area contributed by atoms with E-state index >= 15 is 0 Å². The van der Waals surface area contributed by atoms with Gasteiger partial charge in [0.05, 0.1) is 6.61 Å². The molecule has 0 bridgehead atoms. The smallest absolute Gasteiger partial charge is 0.0589 e. The van der Waals surface area contributed by atoms with Crippen LogP contribution in [0, 0.1) is 17.8 Å². The van der Waals surface area contributed by atoms with Crippen molar-refractivity contribution in [3.63, 3.8) is 0 Å². The van der Waals surface area contributed by atoms with E-state index in [0.717, 1.165) is 50.5 Å². The van der Waals surface area contributed by atoms with Gasteiger partial charge in [-0.3, -0.25) is 0 Å². The molecule has 0 radical (unpaired) electrons. The van der Waals surface area contributed by atoms with Crippen LogP contribution in [-0.4, -0.2) is 65.1 Å². The fourth-order valence-corrected chi connectivity index (χ4v) is 3.80. The maximum atomic E-state index is 5.28. The zero-order valence-electron chi connectivity index (χ0n) is 14.7. The SMILES string of the molecule is CNC1CC(C)CC(C)C1CN(CCCOC)CCOC. The number of nitrogens with zero attached hydrogens (tertiary/aromatic N) is 1. The monoisotopic (exact) mass is 300 g/mol. The molecule has 1 aliphatic rings. The van der Waals surface area contributed by atoms with Crippen LogP contribution in [-0.2, 0) is 9.47 Å². The predicted octanol–water partition coefficient (Wildman–Crippen LogP) is 2.24. The Labute approximate surface area is 131 Å². The Morgan fingerprint density at radius 2 is 1.76 bits per heavy atom. The first-order valence-corrected chi connectivity index (χ1v) is 8.49. The van der Waals surface area contributed by atoms with E-state index in [0.29, 0.717) is 6.04 Å². The normalized spacial score (nSPS) is 30.0. The van der Waals surface area contributed by atoms with Crippen molar-refractivity contribution in [2.24, 2.45) is 17.8 Å². The summed E-state index contributed by atoms with van der Waals surface area (Å²) in [5.74, 6) is 2.37. The molecule has 1 fully saturated rings. The summed E-state index contributed by atoms with van der Waals surface area (Å²) in [5, 5.41) is 3.56. The van der Waals surface area contributed by atoms with Gasteiger partial charge in [0.25, 0.3) is 0 Å². The molecule has 4 unspecified atom stereocenters. The maximum absolute atomic E-state index is 5.28. The molecule has 0 saturated heterocycles. The summed E-state index contributed by atoms with van der Waals surface area (Å²) < 4.78 is 10.5. The van der Waals surface area contributed by atoms with Crippen molar-refractivity contribution in [1.82, 2.24) is 10.2 Å². The van der Waals surface area contributed by atoms with Crippen molar-refractivity contribution in [3.05, 3.63) is 0 Å². The Kier molecular flexibility index (Phi) is 9.49. The summed E-state index contributed by atoms with van der Waals surface area (Å²) in [4.78, 5) is 2.56. The van der Waals surface area contributed by atoms with Crippen LogP contribution in [0.25, 0.3) is 0 Å². The third-order valence-electron chi connectivity index (χ3n) is 4.95. The van der Waals surface area contributed by atoms with Gasteiger partial charge in [0, 0.05) is 46.5 Å². The van der Waals surface area contributed by atoms with E-state index in [2.05, 4.69) is 31.1 Å². The van der Waals surface area contributed by atoms with Crippen molar-refractivity contribution in [2.45, 2.75) is 39.2 Å². The van der Waals surface area contributed by atoms with Crippen LogP contribution >= 0.6 is 0 Å². The van der Waals surface area contributed by atoms with E-state index in [4.69, 9.17) is 9.47 Å². The lowest BCUT2D eigenvalue weighted by Gasteiger charge is -2.42. The largest absolute Gasteiger partial charge is 0.385 e. The van der Waals surface area contributed by atoms with Crippen molar-refractivity contribution < 1.29 is 9.47 Å². The quantitative estimate of drug-likeness (QED) is 0.627. The second-order valence-corrected chi connectivity index (χ2v) is 6.75. The highest BCUT2D eigenvalue weighted by Gasteiger charge is 2.33. The molecule has 4 nitrogen and oxygen atoms in total. The molecular weight excluding hydrogens is 264 g/mol. The lowest BCUT2D eigenvalue weighted by Crippen LogP contribution is -2.48. The van der Waals surface area contributed by atoms with E-state index in [9.17, 15) is 0 Å². The molecular formula is C17H36N2O2. The molecule has 0 aromatic rings. The molecule has 1 N–H and O–H groups in total. The lowest BCUT2D eigenvalue weighted by atomic mass is 9.72. The minimum atomic E-state index is 0.649. The van der Waals surface area contributed by atoms with Gasteiger partial charge in [-0.25, -0.2) is 0 Å². The summed E-state index contributed by atoms with van der Waals surface area (Å²) in [7, 11) is 5.68.